The van der Waals surface area contributed by atoms with E-state index in [1.54, 1.807) is 24.3 Å². The van der Waals surface area contributed by atoms with Crippen LogP contribution in [0.5, 0.6) is 0 Å². The summed E-state index contributed by atoms with van der Waals surface area (Å²) in [5.74, 6) is 0.486. The lowest BCUT2D eigenvalue weighted by Gasteiger charge is -2.46. The molecule has 1 heterocycles. The van der Waals surface area contributed by atoms with Gasteiger partial charge in [-0.25, -0.2) is 0 Å². The quantitative estimate of drug-likeness (QED) is 0.445. The van der Waals surface area contributed by atoms with Gasteiger partial charge in [0.1, 0.15) is 11.4 Å². The van der Waals surface area contributed by atoms with Crippen LogP contribution in [-0.4, -0.2) is 28.2 Å². The monoisotopic (exact) mass is 482 g/mol. The first-order valence-electron chi connectivity index (χ1n) is 12.0. The van der Waals surface area contributed by atoms with Gasteiger partial charge < -0.3 is 4.90 Å². The molecule has 6 heteroatoms. The standard InChI is InChI=1S/C28H32ClFN2O2/c1-18(20-10-8-19(9-11-20)16-24(30)33)32-26(34)25(21-6-5-7-23(29)17-21)31-28(32)14-12-22(13-15-28)27(2,3)4/h5-11,17-18,22H,12-16H2,1-4H3/t18-,22?,28?/m1/s1. The van der Waals surface area contributed by atoms with Crippen LogP contribution in [0.25, 0.3) is 0 Å². The first-order valence-corrected chi connectivity index (χ1v) is 12.3. The zero-order valence-electron chi connectivity index (χ0n) is 20.3. The molecule has 1 spiro atoms. The summed E-state index contributed by atoms with van der Waals surface area (Å²) in [6, 6.07) is 13.0. The zero-order chi connectivity index (χ0) is 24.7. The molecule has 1 aliphatic heterocycles. The number of carbonyl (C=O) groups excluding carboxylic acids is 2. The summed E-state index contributed by atoms with van der Waals surface area (Å²) in [4.78, 5) is 31.7. The van der Waals surface area contributed by atoms with E-state index in [4.69, 9.17) is 16.6 Å². The highest BCUT2D eigenvalue weighted by Gasteiger charge is 2.51. The first kappa shape index (κ1) is 24.6. The number of nitrogens with zero attached hydrogens (tertiary/aromatic N) is 2. The van der Waals surface area contributed by atoms with Gasteiger partial charge in [0.15, 0.2) is 0 Å². The number of aliphatic imine (C=N–C) groups is 1. The van der Waals surface area contributed by atoms with Gasteiger partial charge in [0, 0.05) is 10.6 Å². The van der Waals surface area contributed by atoms with Crippen molar-refractivity contribution in [2.24, 2.45) is 16.3 Å². The first-order chi connectivity index (χ1) is 16.0. The molecule has 0 radical (unpaired) electrons. The maximum atomic E-state index is 13.9. The van der Waals surface area contributed by atoms with Crippen molar-refractivity contribution in [3.05, 3.63) is 70.2 Å². The fourth-order valence-electron chi connectivity index (χ4n) is 5.50. The summed E-state index contributed by atoms with van der Waals surface area (Å²) < 4.78 is 12.8. The highest BCUT2D eigenvalue weighted by Crippen LogP contribution is 2.49. The Bertz CT molecular complexity index is 1110. The largest absolute Gasteiger partial charge is 0.306 e. The van der Waals surface area contributed by atoms with E-state index in [9.17, 15) is 14.0 Å². The van der Waals surface area contributed by atoms with Gasteiger partial charge in [-0.1, -0.05) is 68.8 Å². The van der Waals surface area contributed by atoms with E-state index in [1.807, 2.05) is 36.1 Å². The molecule has 4 nitrogen and oxygen atoms in total. The van der Waals surface area contributed by atoms with Crippen LogP contribution in [0.1, 0.15) is 76.1 Å². The average molecular weight is 483 g/mol. The maximum Gasteiger partial charge on any atom is 0.305 e. The third-order valence-electron chi connectivity index (χ3n) is 7.49. The Labute approximate surface area is 206 Å². The molecule has 0 unspecified atom stereocenters. The second-order valence-electron chi connectivity index (χ2n) is 10.7. The Hall–Kier alpha value is -2.53. The van der Waals surface area contributed by atoms with Crippen molar-refractivity contribution in [3.63, 3.8) is 0 Å². The molecule has 180 valence electrons. The van der Waals surface area contributed by atoms with Crippen LogP contribution in [0.15, 0.2) is 53.5 Å². The third kappa shape index (κ3) is 4.81. The van der Waals surface area contributed by atoms with Crippen LogP contribution in [0, 0.1) is 11.3 Å². The number of amides is 1. The van der Waals surface area contributed by atoms with Crippen LogP contribution in [0.2, 0.25) is 5.02 Å². The molecule has 1 aliphatic carbocycles. The molecule has 1 saturated carbocycles. The van der Waals surface area contributed by atoms with E-state index in [0.717, 1.165) is 36.8 Å². The van der Waals surface area contributed by atoms with E-state index in [-0.39, 0.29) is 23.8 Å². The lowest BCUT2D eigenvalue weighted by atomic mass is 9.69. The van der Waals surface area contributed by atoms with Gasteiger partial charge in [-0.2, -0.15) is 4.39 Å². The summed E-state index contributed by atoms with van der Waals surface area (Å²) in [6.07, 6.45) is 3.39. The fraction of sp³-hybridized carbons (Fsp3) is 0.464. The molecule has 1 amide bonds. The van der Waals surface area contributed by atoms with Crippen LogP contribution in [-0.2, 0) is 16.0 Å². The summed E-state index contributed by atoms with van der Waals surface area (Å²) >= 11 is 6.23. The Morgan fingerprint density at radius 2 is 1.82 bits per heavy atom. The normalized spacial score (nSPS) is 23.8. The van der Waals surface area contributed by atoms with Crippen molar-refractivity contribution in [2.45, 2.75) is 71.5 Å². The molecule has 0 bridgehead atoms. The van der Waals surface area contributed by atoms with Crippen molar-refractivity contribution in [3.8, 4) is 0 Å². The summed E-state index contributed by atoms with van der Waals surface area (Å²) in [5.41, 5.74) is 2.37. The highest BCUT2D eigenvalue weighted by molar-refractivity contribution is 6.47. The lowest BCUT2D eigenvalue weighted by molar-refractivity contribution is -0.133. The minimum absolute atomic E-state index is 0.0908. The zero-order valence-corrected chi connectivity index (χ0v) is 21.0. The van der Waals surface area contributed by atoms with Crippen LogP contribution in [0.4, 0.5) is 4.39 Å². The molecule has 1 atom stereocenters. The molecule has 34 heavy (non-hydrogen) atoms. The molecule has 0 saturated heterocycles. The molecular weight excluding hydrogens is 451 g/mol. The summed E-state index contributed by atoms with van der Waals surface area (Å²) in [7, 11) is 0. The number of rotatable bonds is 5. The van der Waals surface area contributed by atoms with E-state index in [1.165, 1.54) is 0 Å². The van der Waals surface area contributed by atoms with E-state index < -0.39 is 11.7 Å². The summed E-state index contributed by atoms with van der Waals surface area (Å²) in [5, 5.41) is 0.572. The minimum Gasteiger partial charge on any atom is -0.306 e. The highest BCUT2D eigenvalue weighted by atomic mass is 35.5. The predicted molar refractivity (Wildman–Crippen MR) is 134 cm³/mol. The average Bonchev–Trinajstić information content (AvgIpc) is 3.04. The molecule has 0 aromatic heterocycles. The molecule has 0 N–H and O–H groups in total. The van der Waals surface area contributed by atoms with Crippen LogP contribution < -0.4 is 0 Å². The number of hydrogen-bond acceptors (Lipinski definition) is 3. The number of hydrogen-bond donors (Lipinski definition) is 0. The SMILES string of the molecule is C[C@H](c1ccc(CC(=O)F)cc1)N1C(=O)C(c2cccc(Cl)c2)=NC12CCC(C(C)(C)C)CC2. The van der Waals surface area contributed by atoms with E-state index in [2.05, 4.69) is 20.8 Å². The van der Waals surface area contributed by atoms with Crippen molar-refractivity contribution < 1.29 is 14.0 Å². The lowest BCUT2D eigenvalue weighted by Crippen LogP contribution is -2.50. The number of benzene rings is 2. The van der Waals surface area contributed by atoms with Gasteiger partial charge in [0.25, 0.3) is 5.91 Å². The molecule has 2 aliphatic rings. The van der Waals surface area contributed by atoms with Gasteiger partial charge in [0.2, 0.25) is 0 Å². The number of halogens is 2. The molecule has 1 fully saturated rings. The fourth-order valence-corrected chi connectivity index (χ4v) is 5.69. The van der Waals surface area contributed by atoms with Crippen LogP contribution >= 0.6 is 11.6 Å². The molecule has 4 rings (SSSR count). The third-order valence-corrected chi connectivity index (χ3v) is 7.73. The smallest absolute Gasteiger partial charge is 0.305 e. The minimum atomic E-state index is -1.36. The molecule has 2 aromatic rings. The van der Waals surface area contributed by atoms with Gasteiger partial charge in [0.05, 0.1) is 12.5 Å². The Morgan fingerprint density at radius 1 is 1.18 bits per heavy atom. The van der Waals surface area contributed by atoms with Crippen molar-refractivity contribution >= 4 is 29.3 Å². The van der Waals surface area contributed by atoms with Gasteiger partial charge >= 0.3 is 6.04 Å². The van der Waals surface area contributed by atoms with Crippen molar-refractivity contribution in [1.29, 1.82) is 0 Å². The second-order valence-corrected chi connectivity index (χ2v) is 11.2. The Morgan fingerprint density at radius 3 is 2.38 bits per heavy atom. The Kier molecular flexibility index (Phi) is 6.69. The maximum absolute atomic E-state index is 13.9. The van der Waals surface area contributed by atoms with Crippen molar-refractivity contribution in [2.75, 3.05) is 0 Å². The van der Waals surface area contributed by atoms with Gasteiger partial charge in [-0.05, 0) is 67.2 Å². The topological polar surface area (TPSA) is 49.7 Å². The molecule has 2 aromatic carbocycles. The van der Waals surface area contributed by atoms with Crippen molar-refractivity contribution in [1.82, 2.24) is 4.90 Å². The summed E-state index contributed by atoms with van der Waals surface area (Å²) in [6.45, 7) is 8.85. The van der Waals surface area contributed by atoms with Crippen LogP contribution in [0.3, 0.4) is 0 Å². The van der Waals surface area contributed by atoms with E-state index in [0.29, 0.717) is 22.2 Å². The second kappa shape index (κ2) is 9.26. The predicted octanol–water partition coefficient (Wildman–Crippen LogP) is 6.70. The van der Waals surface area contributed by atoms with Gasteiger partial charge in [-0.3, -0.25) is 14.6 Å². The van der Waals surface area contributed by atoms with E-state index >= 15 is 0 Å². The molecular formula is C28H32ClFN2O2. The Balaban J connectivity index is 1.69. The number of carbonyl (C=O) groups is 2. The van der Waals surface area contributed by atoms with Gasteiger partial charge in [-0.15, -0.1) is 0 Å².